The van der Waals surface area contributed by atoms with Gasteiger partial charge in [-0.1, -0.05) is 6.07 Å². The molecule has 15 heavy (non-hydrogen) atoms. The summed E-state index contributed by atoms with van der Waals surface area (Å²) in [6.07, 6.45) is 1.22. The molecule has 4 heteroatoms. The zero-order chi connectivity index (χ0) is 9.38. The van der Waals surface area contributed by atoms with Crippen molar-refractivity contribution in [2.45, 2.75) is 12.5 Å². The number of hydrogen-bond donors (Lipinski definition) is 1. The molecule has 0 bridgehead atoms. The summed E-state index contributed by atoms with van der Waals surface area (Å²) in [5, 5.41) is 3.37. The SMILES string of the molecule is Cl.c1cc2c(cc1[C@@H]1CCN1)OCCO2. The van der Waals surface area contributed by atoms with Crippen molar-refractivity contribution in [3.63, 3.8) is 0 Å². The fourth-order valence-electron chi connectivity index (χ4n) is 1.85. The summed E-state index contributed by atoms with van der Waals surface area (Å²) >= 11 is 0. The second-order valence-electron chi connectivity index (χ2n) is 3.70. The highest BCUT2D eigenvalue weighted by atomic mass is 35.5. The van der Waals surface area contributed by atoms with E-state index >= 15 is 0 Å². The zero-order valence-corrected chi connectivity index (χ0v) is 9.18. The third-order valence-corrected chi connectivity index (χ3v) is 2.79. The number of ether oxygens (including phenoxy) is 2. The van der Waals surface area contributed by atoms with Crippen molar-refractivity contribution in [3.05, 3.63) is 23.8 Å². The van der Waals surface area contributed by atoms with Gasteiger partial charge in [0.1, 0.15) is 13.2 Å². The second kappa shape index (κ2) is 4.29. The number of rotatable bonds is 1. The van der Waals surface area contributed by atoms with Gasteiger partial charge in [-0.25, -0.2) is 0 Å². The number of fused-ring (bicyclic) bond motifs is 1. The van der Waals surface area contributed by atoms with Crippen LogP contribution in [0.15, 0.2) is 18.2 Å². The van der Waals surface area contributed by atoms with Crippen molar-refractivity contribution in [2.75, 3.05) is 19.8 Å². The molecule has 2 heterocycles. The number of nitrogens with one attached hydrogen (secondary N) is 1. The van der Waals surface area contributed by atoms with Crippen LogP contribution < -0.4 is 14.8 Å². The standard InChI is InChI=1S/C11H13NO2.ClH/c1-2-10-11(14-6-5-13-10)7-8(1)9-3-4-12-9;/h1-2,7,9,12H,3-6H2;1H/t9-;/m0./s1. The normalized spacial score (nSPS) is 22.5. The average molecular weight is 228 g/mol. The lowest BCUT2D eigenvalue weighted by atomic mass is 9.98. The Morgan fingerprint density at radius 2 is 1.87 bits per heavy atom. The molecule has 0 aromatic heterocycles. The summed E-state index contributed by atoms with van der Waals surface area (Å²) in [7, 11) is 0. The van der Waals surface area contributed by atoms with Gasteiger partial charge in [-0.3, -0.25) is 0 Å². The molecular formula is C11H14ClNO2. The Morgan fingerprint density at radius 3 is 2.53 bits per heavy atom. The van der Waals surface area contributed by atoms with E-state index in [1.54, 1.807) is 0 Å². The molecule has 2 aliphatic rings. The molecule has 3 nitrogen and oxygen atoms in total. The van der Waals surface area contributed by atoms with Crippen LogP contribution in [0.1, 0.15) is 18.0 Å². The van der Waals surface area contributed by atoms with Crippen LogP contribution in [0.4, 0.5) is 0 Å². The van der Waals surface area contributed by atoms with Gasteiger partial charge in [-0.15, -0.1) is 12.4 Å². The van der Waals surface area contributed by atoms with Crippen molar-refractivity contribution in [2.24, 2.45) is 0 Å². The van der Waals surface area contributed by atoms with Gasteiger partial charge in [0.25, 0.3) is 0 Å². The van der Waals surface area contributed by atoms with Gasteiger partial charge in [0, 0.05) is 6.04 Å². The third kappa shape index (κ3) is 1.90. The van der Waals surface area contributed by atoms with Crippen molar-refractivity contribution in [1.29, 1.82) is 0 Å². The summed E-state index contributed by atoms with van der Waals surface area (Å²) in [4.78, 5) is 0. The van der Waals surface area contributed by atoms with Gasteiger partial charge in [0.05, 0.1) is 0 Å². The molecule has 0 saturated carbocycles. The Kier molecular flexibility index (Phi) is 3.03. The van der Waals surface area contributed by atoms with Gasteiger partial charge >= 0.3 is 0 Å². The summed E-state index contributed by atoms with van der Waals surface area (Å²) in [6, 6.07) is 6.73. The molecule has 1 saturated heterocycles. The highest BCUT2D eigenvalue weighted by molar-refractivity contribution is 5.85. The van der Waals surface area contributed by atoms with Crippen LogP contribution in [-0.4, -0.2) is 19.8 Å². The maximum absolute atomic E-state index is 5.53. The molecule has 2 aliphatic heterocycles. The molecule has 0 unspecified atom stereocenters. The first-order chi connectivity index (χ1) is 6.93. The van der Waals surface area contributed by atoms with E-state index in [1.165, 1.54) is 12.0 Å². The number of halogens is 1. The first kappa shape index (κ1) is 10.6. The van der Waals surface area contributed by atoms with Gasteiger partial charge < -0.3 is 14.8 Å². The molecule has 0 aliphatic carbocycles. The molecule has 1 fully saturated rings. The minimum atomic E-state index is 0. The van der Waals surface area contributed by atoms with Gasteiger partial charge in [0.15, 0.2) is 11.5 Å². The molecule has 1 N–H and O–H groups in total. The molecule has 0 amide bonds. The maximum atomic E-state index is 5.53. The highest BCUT2D eigenvalue weighted by Gasteiger charge is 2.20. The van der Waals surface area contributed by atoms with E-state index in [4.69, 9.17) is 9.47 Å². The van der Waals surface area contributed by atoms with Crippen LogP contribution in [0, 0.1) is 0 Å². The first-order valence-corrected chi connectivity index (χ1v) is 5.06. The van der Waals surface area contributed by atoms with Crippen LogP contribution in [0.2, 0.25) is 0 Å². The molecule has 3 rings (SSSR count). The quantitative estimate of drug-likeness (QED) is 0.795. The second-order valence-corrected chi connectivity index (χ2v) is 3.70. The summed E-state index contributed by atoms with van der Waals surface area (Å²) in [6.45, 7) is 2.45. The summed E-state index contributed by atoms with van der Waals surface area (Å²) in [5.74, 6) is 1.77. The number of benzene rings is 1. The first-order valence-electron chi connectivity index (χ1n) is 5.06. The van der Waals surface area contributed by atoms with Crippen LogP contribution in [-0.2, 0) is 0 Å². The fraction of sp³-hybridized carbons (Fsp3) is 0.455. The lowest BCUT2D eigenvalue weighted by Crippen LogP contribution is -2.34. The van der Waals surface area contributed by atoms with Crippen LogP contribution in [0.25, 0.3) is 0 Å². The van der Waals surface area contributed by atoms with Crippen molar-refractivity contribution in [3.8, 4) is 11.5 Å². The van der Waals surface area contributed by atoms with E-state index < -0.39 is 0 Å². The van der Waals surface area contributed by atoms with E-state index in [9.17, 15) is 0 Å². The Balaban J connectivity index is 0.000000853. The van der Waals surface area contributed by atoms with E-state index in [0.29, 0.717) is 19.3 Å². The Hall–Kier alpha value is -0.930. The molecule has 1 aromatic rings. The molecule has 1 aromatic carbocycles. The smallest absolute Gasteiger partial charge is 0.161 e. The Labute approximate surface area is 95.2 Å². The molecule has 0 spiro atoms. The number of hydrogen-bond acceptors (Lipinski definition) is 3. The predicted molar refractivity (Wildman–Crippen MR) is 60.0 cm³/mol. The van der Waals surface area contributed by atoms with Crippen LogP contribution in [0.3, 0.4) is 0 Å². The van der Waals surface area contributed by atoms with Crippen molar-refractivity contribution in [1.82, 2.24) is 5.32 Å². The third-order valence-electron chi connectivity index (χ3n) is 2.79. The Morgan fingerprint density at radius 1 is 1.13 bits per heavy atom. The van der Waals surface area contributed by atoms with Crippen molar-refractivity contribution >= 4 is 12.4 Å². The van der Waals surface area contributed by atoms with Crippen LogP contribution >= 0.6 is 12.4 Å². The van der Waals surface area contributed by atoms with Gasteiger partial charge in [-0.05, 0) is 30.7 Å². The van der Waals surface area contributed by atoms with Gasteiger partial charge in [-0.2, -0.15) is 0 Å². The van der Waals surface area contributed by atoms with Crippen molar-refractivity contribution < 1.29 is 9.47 Å². The van der Waals surface area contributed by atoms with E-state index in [2.05, 4.69) is 17.4 Å². The Bertz CT molecular complexity index is 352. The summed E-state index contributed by atoms with van der Waals surface area (Å²) < 4.78 is 11.0. The highest BCUT2D eigenvalue weighted by Crippen LogP contribution is 2.34. The largest absolute Gasteiger partial charge is 0.486 e. The summed E-state index contributed by atoms with van der Waals surface area (Å²) in [5.41, 5.74) is 1.31. The molecule has 82 valence electrons. The predicted octanol–water partition coefficient (Wildman–Crippen LogP) is 1.91. The minimum Gasteiger partial charge on any atom is -0.486 e. The zero-order valence-electron chi connectivity index (χ0n) is 8.36. The average Bonchev–Trinajstić information content (AvgIpc) is 2.15. The molecule has 1 atom stereocenters. The minimum absolute atomic E-state index is 0. The lowest BCUT2D eigenvalue weighted by molar-refractivity contribution is 0.171. The molecular weight excluding hydrogens is 214 g/mol. The molecule has 0 radical (unpaired) electrons. The lowest BCUT2D eigenvalue weighted by Gasteiger charge is -2.29. The van der Waals surface area contributed by atoms with E-state index in [1.807, 2.05) is 6.07 Å². The van der Waals surface area contributed by atoms with E-state index in [-0.39, 0.29) is 12.4 Å². The monoisotopic (exact) mass is 227 g/mol. The van der Waals surface area contributed by atoms with Crippen LogP contribution in [0.5, 0.6) is 11.5 Å². The maximum Gasteiger partial charge on any atom is 0.161 e. The van der Waals surface area contributed by atoms with Gasteiger partial charge in [0.2, 0.25) is 0 Å². The van der Waals surface area contributed by atoms with E-state index in [0.717, 1.165) is 18.0 Å². The fourth-order valence-corrected chi connectivity index (χ4v) is 1.85. The topological polar surface area (TPSA) is 30.5 Å².